The van der Waals surface area contributed by atoms with E-state index in [1.54, 1.807) is 7.11 Å². The van der Waals surface area contributed by atoms with Gasteiger partial charge in [0, 0.05) is 28.0 Å². The van der Waals surface area contributed by atoms with Crippen molar-refractivity contribution in [1.29, 1.82) is 0 Å². The summed E-state index contributed by atoms with van der Waals surface area (Å²) < 4.78 is 11.1. The summed E-state index contributed by atoms with van der Waals surface area (Å²) in [6.07, 6.45) is 0. The molecule has 1 aromatic heterocycles. The maximum absolute atomic E-state index is 6.12. The van der Waals surface area contributed by atoms with Crippen molar-refractivity contribution in [3.8, 4) is 5.75 Å². The van der Waals surface area contributed by atoms with Gasteiger partial charge >= 0.3 is 0 Å². The summed E-state index contributed by atoms with van der Waals surface area (Å²) in [5.41, 5.74) is 3.90. The minimum atomic E-state index is 0.708. The largest absolute Gasteiger partial charge is 0.497 e. The van der Waals surface area contributed by atoms with Gasteiger partial charge in [-0.15, -0.1) is 0 Å². The summed E-state index contributed by atoms with van der Waals surface area (Å²) in [5.74, 6) is 0.861. The molecule has 1 heterocycles. The number of furan rings is 1. The lowest BCUT2D eigenvalue weighted by atomic mass is 10.1. The van der Waals surface area contributed by atoms with Gasteiger partial charge in [0.05, 0.1) is 7.11 Å². The molecule has 120 valence electrons. The Hall–Kier alpha value is -2.65. The Bertz CT molecular complexity index is 1020. The molecule has 4 rings (SSSR count). The lowest BCUT2D eigenvalue weighted by molar-refractivity contribution is 0.414. The van der Waals surface area contributed by atoms with Gasteiger partial charge in [0.2, 0.25) is 0 Å². The van der Waals surface area contributed by atoms with Crippen LogP contribution in [0.2, 0.25) is 5.02 Å². The monoisotopic (exact) mass is 337 g/mol. The van der Waals surface area contributed by atoms with E-state index in [9.17, 15) is 0 Å². The van der Waals surface area contributed by atoms with Gasteiger partial charge in [-0.25, -0.2) is 0 Å². The van der Waals surface area contributed by atoms with E-state index in [0.717, 1.165) is 45.5 Å². The molecule has 0 aliphatic rings. The Morgan fingerprint density at radius 3 is 2.58 bits per heavy atom. The summed E-state index contributed by atoms with van der Waals surface area (Å²) in [5, 5.41) is 6.24. The molecule has 0 aliphatic heterocycles. The summed E-state index contributed by atoms with van der Waals surface area (Å²) in [7, 11) is 1.68. The number of fused-ring (bicyclic) bond motifs is 3. The number of halogens is 1. The van der Waals surface area contributed by atoms with E-state index >= 15 is 0 Å². The molecule has 0 bridgehead atoms. The molecule has 0 radical (unpaired) electrons. The van der Waals surface area contributed by atoms with Crippen LogP contribution in [0.4, 0.5) is 5.69 Å². The van der Waals surface area contributed by atoms with Gasteiger partial charge < -0.3 is 14.5 Å². The third-order valence-electron chi connectivity index (χ3n) is 4.06. The number of methoxy groups -OCH3 is 1. The van der Waals surface area contributed by atoms with Crippen molar-refractivity contribution in [3.05, 3.63) is 71.2 Å². The summed E-state index contributed by atoms with van der Waals surface area (Å²) >= 11 is 6.12. The van der Waals surface area contributed by atoms with Crippen molar-refractivity contribution in [2.24, 2.45) is 0 Å². The second-order valence-corrected chi connectivity index (χ2v) is 6.10. The first-order chi connectivity index (χ1) is 11.7. The van der Waals surface area contributed by atoms with E-state index in [1.165, 1.54) is 0 Å². The molecule has 4 heteroatoms. The molecule has 0 unspecified atom stereocenters. The number of anilines is 1. The van der Waals surface area contributed by atoms with Crippen molar-refractivity contribution in [3.63, 3.8) is 0 Å². The van der Waals surface area contributed by atoms with E-state index < -0.39 is 0 Å². The van der Waals surface area contributed by atoms with Crippen LogP contribution in [-0.4, -0.2) is 7.11 Å². The number of nitrogens with one attached hydrogen (secondary N) is 1. The Morgan fingerprint density at radius 2 is 1.75 bits per heavy atom. The third-order valence-corrected chi connectivity index (χ3v) is 4.30. The van der Waals surface area contributed by atoms with Crippen molar-refractivity contribution in [2.45, 2.75) is 6.54 Å². The van der Waals surface area contributed by atoms with Crippen LogP contribution in [0.1, 0.15) is 5.56 Å². The molecule has 3 aromatic carbocycles. The zero-order valence-corrected chi connectivity index (χ0v) is 13.9. The molecule has 0 saturated carbocycles. The van der Waals surface area contributed by atoms with Crippen molar-refractivity contribution < 1.29 is 9.15 Å². The van der Waals surface area contributed by atoms with Crippen molar-refractivity contribution in [2.75, 3.05) is 12.4 Å². The molecular formula is C20H16ClNO2. The number of hydrogen-bond acceptors (Lipinski definition) is 3. The molecule has 0 saturated heterocycles. The molecule has 24 heavy (non-hydrogen) atoms. The summed E-state index contributed by atoms with van der Waals surface area (Å²) in [4.78, 5) is 0. The maximum atomic E-state index is 6.12. The fourth-order valence-corrected chi connectivity index (χ4v) is 3.02. The van der Waals surface area contributed by atoms with Crippen LogP contribution >= 0.6 is 11.6 Å². The second-order valence-electron chi connectivity index (χ2n) is 5.66. The first kappa shape index (κ1) is 14.9. The van der Waals surface area contributed by atoms with E-state index in [0.29, 0.717) is 5.02 Å². The SMILES string of the molecule is COc1cccc(CNc2ccc3oc4ccc(Cl)cc4c3c2)c1. The highest BCUT2D eigenvalue weighted by Crippen LogP contribution is 2.32. The molecule has 0 aliphatic carbocycles. The number of rotatable bonds is 4. The van der Waals surface area contributed by atoms with Crippen LogP contribution in [0.25, 0.3) is 21.9 Å². The zero-order chi connectivity index (χ0) is 16.5. The highest BCUT2D eigenvalue weighted by atomic mass is 35.5. The Morgan fingerprint density at radius 1 is 0.958 bits per heavy atom. The van der Waals surface area contributed by atoms with Crippen LogP contribution in [0, 0.1) is 0 Å². The normalized spacial score (nSPS) is 11.1. The van der Waals surface area contributed by atoms with E-state index in [1.807, 2.05) is 48.5 Å². The Kier molecular flexibility index (Phi) is 3.79. The van der Waals surface area contributed by atoms with Gasteiger partial charge in [0.1, 0.15) is 16.9 Å². The summed E-state index contributed by atoms with van der Waals surface area (Å²) in [6.45, 7) is 0.721. The van der Waals surface area contributed by atoms with Gasteiger partial charge in [-0.1, -0.05) is 23.7 Å². The average Bonchev–Trinajstić information content (AvgIpc) is 2.97. The molecule has 0 amide bonds. The first-order valence-electron chi connectivity index (χ1n) is 7.71. The average molecular weight is 338 g/mol. The zero-order valence-electron chi connectivity index (χ0n) is 13.2. The molecule has 0 fully saturated rings. The quantitative estimate of drug-likeness (QED) is 0.506. The van der Waals surface area contributed by atoms with Crippen LogP contribution < -0.4 is 10.1 Å². The van der Waals surface area contributed by atoms with Gasteiger partial charge in [0.15, 0.2) is 0 Å². The van der Waals surface area contributed by atoms with Crippen molar-refractivity contribution >= 4 is 39.2 Å². The van der Waals surface area contributed by atoms with Crippen LogP contribution in [0.15, 0.2) is 65.1 Å². The maximum Gasteiger partial charge on any atom is 0.135 e. The van der Waals surface area contributed by atoms with Crippen LogP contribution in [0.3, 0.4) is 0 Å². The fraction of sp³-hybridized carbons (Fsp3) is 0.100. The van der Waals surface area contributed by atoms with Crippen LogP contribution in [0.5, 0.6) is 5.75 Å². The highest BCUT2D eigenvalue weighted by molar-refractivity contribution is 6.31. The summed E-state index contributed by atoms with van der Waals surface area (Å²) in [6, 6.07) is 19.8. The Balaban J connectivity index is 1.64. The van der Waals surface area contributed by atoms with E-state index in [2.05, 4.69) is 17.4 Å². The molecule has 3 nitrogen and oxygen atoms in total. The van der Waals surface area contributed by atoms with Crippen LogP contribution in [-0.2, 0) is 6.54 Å². The lowest BCUT2D eigenvalue weighted by Crippen LogP contribution is -1.99. The standard InChI is InChI=1S/C20H16ClNO2/c1-23-16-4-2-3-13(9-16)12-22-15-6-8-20-18(11-15)17-10-14(21)5-7-19(17)24-20/h2-11,22H,12H2,1H3. The van der Waals surface area contributed by atoms with Crippen molar-refractivity contribution in [1.82, 2.24) is 0 Å². The van der Waals surface area contributed by atoms with Gasteiger partial charge in [0.25, 0.3) is 0 Å². The Labute approximate surface area is 144 Å². The topological polar surface area (TPSA) is 34.4 Å². The fourth-order valence-electron chi connectivity index (χ4n) is 2.85. The van der Waals surface area contributed by atoms with Gasteiger partial charge in [-0.3, -0.25) is 0 Å². The minimum absolute atomic E-state index is 0.708. The number of hydrogen-bond donors (Lipinski definition) is 1. The van der Waals surface area contributed by atoms with E-state index in [4.69, 9.17) is 20.8 Å². The number of benzene rings is 3. The molecule has 0 atom stereocenters. The van der Waals surface area contributed by atoms with E-state index in [-0.39, 0.29) is 0 Å². The van der Waals surface area contributed by atoms with Gasteiger partial charge in [-0.05, 0) is 54.1 Å². The molecule has 4 aromatic rings. The molecule has 1 N–H and O–H groups in total. The highest BCUT2D eigenvalue weighted by Gasteiger charge is 2.08. The molecular weight excluding hydrogens is 322 g/mol. The third kappa shape index (κ3) is 2.79. The molecule has 0 spiro atoms. The minimum Gasteiger partial charge on any atom is -0.497 e. The lowest BCUT2D eigenvalue weighted by Gasteiger charge is -2.08. The predicted molar refractivity (Wildman–Crippen MR) is 99.1 cm³/mol. The van der Waals surface area contributed by atoms with Gasteiger partial charge in [-0.2, -0.15) is 0 Å². The smallest absolute Gasteiger partial charge is 0.135 e. The predicted octanol–water partition coefficient (Wildman–Crippen LogP) is 5.86. The first-order valence-corrected chi connectivity index (χ1v) is 8.09. The second kappa shape index (κ2) is 6.10. The number of ether oxygens (including phenoxy) is 1.